The maximum atomic E-state index is 12.2. The summed E-state index contributed by atoms with van der Waals surface area (Å²) >= 11 is 1.59. The fourth-order valence-corrected chi connectivity index (χ4v) is 3.54. The summed E-state index contributed by atoms with van der Waals surface area (Å²) in [6.45, 7) is 1.98. The molecule has 150 valence electrons. The molecular weight excluding hydrogens is 396 g/mol. The summed E-state index contributed by atoms with van der Waals surface area (Å²) in [6, 6.07) is 24.7. The molecule has 2 amide bonds. The second-order valence-electron chi connectivity index (χ2n) is 6.63. The topological polar surface area (TPSA) is 80.0 Å². The van der Waals surface area contributed by atoms with Crippen LogP contribution < -0.4 is 10.6 Å². The van der Waals surface area contributed by atoms with E-state index in [-0.39, 0.29) is 6.03 Å². The van der Waals surface area contributed by atoms with Crippen molar-refractivity contribution in [2.45, 2.75) is 17.6 Å². The largest absolute Gasteiger partial charge is 0.420 e. The molecule has 0 spiro atoms. The van der Waals surface area contributed by atoms with Crippen molar-refractivity contribution >= 4 is 29.2 Å². The number of hydrogen-bond donors (Lipinski definition) is 2. The molecule has 0 radical (unpaired) electrons. The van der Waals surface area contributed by atoms with Gasteiger partial charge in [0.2, 0.25) is 11.8 Å². The molecule has 30 heavy (non-hydrogen) atoms. The summed E-state index contributed by atoms with van der Waals surface area (Å²) in [6.07, 6.45) is 0. The van der Waals surface area contributed by atoms with Gasteiger partial charge >= 0.3 is 6.03 Å². The minimum absolute atomic E-state index is 0.277. The highest BCUT2D eigenvalue weighted by Crippen LogP contribution is 2.25. The Bertz CT molecular complexity index is 1130. The lowest BCUT2D eigenvalue weighted by Crippen LogP contribution is -2.19. The predicted octanol–water partition coefficient (Wildman–Crippen LogP) is 5.98. The van der Waals surface area contributed by atoms with Gasteiger partial charge in [-0.25, -0.2) is 4.79 Å². The third kappa shape index (κ3) is 5.27. The molecule has 0 fully saturated rings. The predicted molar refractivity (Wildman–Crippen MR) is 120 cm³/mol. The van der Waals surface area contributed by atoms with Crippen LogP contribution in [-0.4, -0.2) is 16.2 Å². The molecule has 4 rings (SSSR count). The molecule has 4 aromatic rings. The van der Waals surface area contributed by atoms with Gasteiger partial charge in [0, 0.05) is 21.8 Å². The van der Waals surface area contributed by atoms with Crippen LogP contribution in [-0.2, 0) is 5.75 Å². The van der Waals surface area contributed by atoms with Crippen LogP contribution in [0.4, 0.5) is 16.2 Å². The maximum Gasteiger partial charge on any atom is 0.323 e. The van der Waals surface area contributed by atoms with Crippen LogP contribution >= 0.6 is 11.8 Å². The van der Waals surface area contributed by atoms with Crippen molar-refractivity contribution in [2.24, 2.45) is 0 Å². The van der Waals surface area contributed by atoms with Crippen LogP contribution in [0.3, 0.4) is 0 Å². The molecule has 1 heterocycles. The molecular formula is C23H20N4O2S. The number of thioether (sulfide) groups is 1. The average molecular weight is 417 g/mol. The molecule has 2 N–H and O–H groups in total. The molecule has 1 aromatic heterocycles. The minimum Gasteiger partial charge on any atom is -0.420 e. The first-order valence-corrected chi connectivity index (χ1v) is 10.4. The zero-order valence-corrected chi connectivity index (χ0v) is 17.1. The Balaban J connectivity index is 1.30. The first-order valence-electron chi connectivity index (χ1n) is 9.41. The van der Waals surface area contributed by atoms with Crippen LogP contribution in [0, 0.1) is 6.92 Å². The van der Waals surface area contributed by atoms with Crippen molar-refractivity contribution in [1.82, 2.24) is 10.2 Å². The summed E-state index contributed by atoms with van der Waals surface area (Å²) in [5.41, 5.74) is 3.47. The van der Waals surface area contributed by atoms with E-state index in [2.05, 4.69) is 20.8 Å². The molecule has 0 aliphatic carbocycles. The van der Waals surface area contributed by atoms with Gasteiger partial charge in [0.15, 0.2) is 0 Å². The smallest absolute Gasteiger partial charge is 0.323 e. The Morgan fingerprint density at radius 2 is 1.67 bits per heavy atom. The van der Waals surface area contributed by atoms with E-state index >= 15 is 0 Å². The number of aromatic nitrogens is 2. The second kappa shape index (κ2) is 9.28. The minimum atomic E-state index is -0.277. The van der Waals surface area contributed by atoms with Crippen molar-refractivity contribution in [3.05, 3.63) is 90.3 Å². The van der Waals surface area contributed by atoms with Gasteiger partial charge in [0.1, 0.15) is 0 Å². The van der Waals surface area contributed by atoms with E-state index in [1.165, 1.54) is 0 Å². The van der Waals surface area contributed by atoms with Gasteiger partial charge in [0.05, 0.1) is 5.75 Å². The second-order valence-corrected chi connectivity index (χ2v) is 7.68. The van der Waals surface area contributed by atoms with Crippen LogP contribution in [0.2, 0.25) is 0 Å². The van der Waals surface area contributed by atoms with Gasteiger partial charge in [-0.2, -0.15) is 0 Å². The number of carbonyl (C=O) groups is 1. The Morgan fingerprint density at radius 3 is 2.43 bits per heavy atom. The number of nitrogens with one attached hydrogen (secondary N) is 2. The molecule has 0 saturated carbocycles. The highest BCUT2D eigenvalue weighted by atomic mass is 32.2. The van der Waals surface area contributed by atoms with E-state index in [0.717, 1.165) is 21.7 Å². The first kappa shape index (κ1) is 19.7. The third-order valence-corrected chi connectivity index (χ3v) is 5.23. The average Bonchev–Trinajstić information content (AvgIpc) is 3.23. The summed E-state index contributed by atoms with van der Waals surface area (Å²) in [5.74, 6) is 1.66. The maximum absolute atomic E-state index is 12.2. The molecule has 0 aliphatic rings. The van der Waals surface area contributed by atoms with Gasteiger partial charge in [-0.3, -0.25) is 0 Å². The molecule has 7 heteroatoms. The van der Waals surface area contributed by atoms with Crippen LogP contribution in [0.5, 0.6) is 0 Å². The number of urea groups is 1. The Morgan fingerprint density at radius 1 is 0.900 bits per heavy atom. The highest BCUT2D eigenvalue weighted by molar-refractivity contribution is 7.98. The standard InChI is InChI=1S/C23H20N4O2S/c1-16-6-5-9-19(14-16)25-23(28)24-18-10-12-20(13-11-18)30-15-21-26-27-22(29-21)17-7-3-2-4-8-17/h2-14H,15H2,1H3,(H2,24,25,28). The van der Waals surface area contributed by atoms with E-state index in [9.17, 15) is 4.79 Å². The lowest BCUT2D eigenvalue weighted by molar-refractivity contribution is 0.262. The van der Waals surface area contributed by atoms with Gasteiger partial charge in [-0.1, -0.05) is 30.3 Å². The van der Waals surface area contributed by atoms with Crippen LogP contribution in [0.25, 0.3) is 11.5 Å². The van der Waals surface area contributed by atoms with E-state index in [1.807, 2.05) is 85.8 Å². The Kier molecular flexibility index (Phi) is 6.10. The molecule has 0 saturated heterocycles. The van der Waals surface area contributed by atoms with Gasteiger partial charge in [-0.05, 0) is 61.0 Å². The van der Waals surface area contributed by atoms with Crippen molar-refractivity contribution in [3.63, 3.8) is 0 Å². The molecule has 0 unspecified atom stereocenters. The van der Waals surface area contributed by atoms with E-state index in [0.29, 0.717) is 23.2 Å². The number of hydrogen-bond acceptors (Lipinski definition) is 5. The fraction of sp³-hybridized carbons (Fsp3) is 0.0870. The lowest BCUT2D eigenvalue weighted by atomic mass is 10.2. The first-order chi connectivity index (χ1) is 14.7. The zero-order valence-electron chi connectivity index (χ0n) is 16.3. The molecule has 0 bridgehead atoms. The summed E-state index contributed by atoms with van der Waals surface area (Å²) < 4.78 is 5.72. The van der Waals surface area contributed by atoms with Crippen molar-refractivity contribution in [3.8, 4) is 11.5 Å². The highest BCUT2D eigenvalue weighted by Gasteiger charge is 2.09. The summed E-state index contributed by atoms with van der Waals surface area (Å²) in [5, 5.41) is 13.9. The van der Waals surface area contributed by atoms with Crippen molar-refractivity contribution < 1.29 is 9.21 Å². The van der Waals surface area contributed by atoms with Gasteiger partial charge in [0.25, 0.3) is 0 Å². The summed E-state index contributed by atoms with van der Waals surface area (Å²) in [4.78, 5) is 13.2. The molecule has 0 atom stereocenters. The van der Waals surface area contributed by atoms with Gasteiger partial charge in [-0.15, -0.1) is 22.0 Å². The third-order valence-electron chi connectivity index (χ3n) is 4.24. The lowest BCUT2D eigenvalue weighted by Gasteiger charge is -2.08. The van der Waals surface area contributed by atoms with Crippen molar-refractivity contribution in [1.29, 1.82) is 0 Å². The normalized spacial score (nSPS) is 10.6. The van der Waals surface area contributed by atoms with Crippen molar-refractivity contribution in [2.75, 3.05) is 10.6 Å². The van der Waals surface area contributed by atoms with E-state index < -0.39 is 0 Å². The number of anilines is 2. The quantitative estimate of drug-likeness (QED) is 0.378. The SMILES string of the molecule is Cc1cccc(NC(=O)Nc2ccc(SCc3nnc(-c4ccccc4)o3)cc2)c1. The summed E-state index contributed by atoms with van der Waals surface area (Å²) in [7, 11) is 0. The number of carbonyl (C=O) groups excluding carboxylic acids is 1. The van der Waals surface area contributed by atoms with E-state index in [1.54, 1.807) is 11.8 Å². The molecule has 6 nitrogen and oxygen atoms in total. The number of nitrogens with zero attached hydrogens (tertiary/aromatic N) is 2. The zero-order chi connectivity index (χ0) is 20.8. The number of amides is 2. The van der Waals surface area contributed by atoms with Crippen LogP contribution in [0.15, 0.2) is 88.2 Å². The number of aryl methyl sites for hydroxylation is 1. The Hall–Kier alpha value is -3.58. The monoisotopic (exact) mass is 416 g/mol. The van der Waals surface area contributed by atoms with E-state index in [4.69, 9.17) is 4.42 Å². The number of rotatable bonds is 6. The van der Waals surface area contributed by atoms with Gasteiger partial charge < -0.3 is 15.1 Å². The fourth-order valence-electron chi connectivity index (χ4n) is 2.81. The molecule has 3 aromatic carbocycles. The van der Waals surface area contributed by atoms with Crippen LogP contribution in [0.1, 0.15) is 11.5 Å². The molecule has 0 aliphatic heterocycles. The Labute approximate surface area is 178 Å². The number of benzene rings is 3.